The molecule has 1 fully saturated rings. The van der Waals surface area contributed by atoms with Crippen molar-refractivity contribution in [2.45, 2.75) is 44.9 Å². The average Bonchev–Trinajstić information content (AvgIpc) is 2.22. The van der Waals surface area contributed by atoms with Crippen molar-refractivity contribution in [1.82, 2.24) is 0 Å². The van der Waals surface area contributed by atoms with E-state index < -0.39 is 5.97 Å². The van der Waals surface area contributed by atoms with Gasteiger partial charge in [-0.2, -0.15) is 0 Å². The van der Waals surface area contributed by atoms with E-state index in [2.05, 4.69) is 39.0 Å². The number of carboxylic acids is 1. The first-order chi connectivity index (χ1) is 8.74. The minimum absolute atomic E-state index is 0.0669. The first-order valence-corrected chi connectivity index (χ1v) is 6.66. The Morgan fingerprint density at radius 1 is 1.37 bits per heavy atom. The third-order valence-electron chi connectivity index (χ3n) is 3.92. The molecule has 2 rings (SSSR count). The SMILES string of the molecule is Cc1ccc(C(C)(C)C)cc1C1(CC(=O)O)COC1. The number of aliphatic carboxylic acids is 1. The third-order valence-corrected chi connectivity index (χ3v) is 3.92. The zero-order valence-corrected chi connectivity index (χ0v) is 12.1. The van der Waals surface area contributed by atoms with Crippen LogP contribution >= 0.6 is 0 Å². The normalized spacial score (nSPS) is 17.9. The summed E-state index contributed by atoms with van der Waals surface area (Å²) in [5.41, 5.74) is 3.25. The Hall–Kier alpha value is -1.35. The maximum Gasteiger partial charge on any atom is 0.304 e. The smallest absolute Gasteiger partial charge is 0.304 e. The highest BCUT2D eigenvalue weighted by Gasteiger charge is 2.43. The van der Waals surface area contributed by atoms with E-state index in [-0.39, 0.29) is 17.3 Å². The lowest BCUT2D eigenvalue weighted by Gasteiger charge is -2.42. The number of rotatable bonds is 3. The Labute approximate surface area is 114 Å². The van der Waals surface area contributed by atoms with Crippen LogP contribution in [0, 0.1) is 6.92 Å². The minimum atomic E-state index is -0.760. The molecule has 0 saturated carbocycles. The number of hydrogen-bond donors (Lipinski definition) is 1. The molecule has 3 heteroatoms. The maximum atomic E-state index is 11.1. The molecule has 0 aromatic heterocycles. The van der Waals surface area contributed by atoms with Gasteiger partial charge >= 0.3 is 5.97 Å². The molecule has 0 bridgehead atoms. The molecule has 1 heterocycles. The van der Waals surface area contributed by atoms with Gasteiger partial charge in [-0.1, -0.05) is 39.0 Å². The molecule has 1 aliphatic heterocycles. The third kappa shape index (κ3) is 2.66. The van der Waals surface area contributed by atoms with Crippen LogP contribution in [-0.2, 0) is 20.4 Å². The van der Waals surface area contributed by atoms with E-state index in [4.69, 9.17) is 9.84 Å². The number of ether oxygens (including phenoxy) is 1. The summed E-state index contributed by atoms with van der Waals surface area (Å²) in [7, 11) is 0. The molecule has 1 aromatic carbocycles. The summed E-state index contributed by atoms with van der Waals surface area (Å²) in [6, 6.07) is 6.39. The summed E-state index contributed by atoms with van der Waals surface area (Å²) in [4.78, 5) is 11.1. The summed E-state index contributed by atoms with van der Waals surface area (Å²) in [5, 5.41) is 9.14. The van der Waals surface area contributed by atoms with Crippen molar-refractivity contribution in [1.29, 1.82) is 0 Å². The fraction of sp³-hybridized carbons (Fsp3) is 0.562. The van der Waals surface area contributed by atoms with Gasteiger partial charge < -0.3 is 9.84 Å². The van der Waals surface area contributed by atoms with Gasteiger partial charge in [0.25, 0.3) is 0 Å². The lowest BCUT2D eigenvalue weighted by Crippen LogP contribution is -2.48. The molecule has 1 saturated heterocycles. The van der Waals surface area contributed by atoms with Gasteiger partial charge in [0.05, 0.1) is 25.0 Å². The molecule has 1 N–H and O–H groups in total. The van der Waals surface area contributed by atoms with Crippen molar-refractivity contribution in [2.75, 3.05) is 13.2 Å². The van der Waals surface area contributed by atoms with Crippen molar-refractivity contribution in [3.63, 3.8) is 0 Å². The van der Waals surface area contributed by atoms with Gasteiger partial charge in [-0.05, 0) is 29.0 Å². The van der Waals surface area contributed by atoms with Gasteiger partial charge in [0.15, 0.2) is 0 Å². The highest BCUT2D eigenvalue weighted by atomic mass is 16.5. The van der Waals surface area contributed by atoms with Crippen LogP contribution in [0.15, 0.2) is 18.2 Å². The Morgan fingerprint density at radius 3 is 2.42 bits per heavy atom. The predicted molar refractivity (Wildman–Crippen MR) is 74.6 cm³/mol. The molecule has 0 atom stereocenters. The standard InChI is InChI=1S/C16H22O3/c1-11-5-6-12(15(2,3)4)7-13(11)16(8-14(17)18)9-19-10-16/h5-7H,8-10H2,1-4H3,(H,17,18). The van der Waals surface area contributed by atoms with Gasteiger partial charge in [0.2, 0.25) is 0 Å². The van der Waals surface area contributed by atoms with Crippen LogP contribution < -0.4 is 0 Å². The van der Waals surface area contributed by atoms with E-state index in [1.807, 2.05) is 6.92 Å². The molecular weight excluding hydrogens is 240 g/mol. The fourth-order valence-electron chi connectivity index (χ4n) is 2.65. The molecule has 0 radical (unpaired) electrons. The molecule has 0 amide bonds. The summed E-state index contributed by atoms with van der Waals surface area (Å²) in [5.74, 6) is -0.760. The van der Waals surface area contributed by atoms with E-state index in [1.54, 1.807) is 0 Å². The first kappa shape index (κ1) is 14.1. The predicted octanol–water partition coefficient (Wildman–Crippen LogP) is 3.04. The molecular formula is C16H22O3. The number of hydrogen-bond acceptors (Lipinski definition) is 2. The van der Waals surface area contributed by atoms with E-state index >= 15 is 0 Å². The molecule has 3 nitrogen and oxygen atoms in total. The minimum Gasteiger partial charge on any atom is -0.481 e. The summed E-state index contributed by atoms with van der Waals surface area (Å²) >= 11 is 0. The lowest BCUT2D eigenvalue weighted by molar-refractivity contribution is -0.145. The van der Waals surface area contributed by atoms with Gasteiger partial charge in [-0.15, -0.1) is 0 Å². The van der Waals surface area contributed by atoms with Crippen LogP contribution in [0.25, 0.3) is 0 Å². The summed E-state index contributed by atoms with van der Waals surface area (Å²) in [6.07, 6.45) is 0.140. The van der Waals surface area contributed by atoms with Gasteiger partial charge in [-0.3, -0.25) is 4.79 Å². The second-order valence-corrected chi connectivity index (χ2v) is 6.62. The van der Waals surface area contributed by atoms with E-state index in [1.165, 1.54) is 5.56 Å². The number of aryl methyl sites for hydroxylation is 1. The highest BCUT2D eigenvalue weighted by molar-refractivity contribution is 5.69. The average molecular weight is 262 g/mol. The van der Waals surface area contributed by atoms with Crippen LogP contribution in [0.3, 0.4) is 0 Å². The highest BCUT2D eigenvalue weighted by Crippen LogP contribution is 2.39. The lowest BCUT2D eigenvalue weighted by atomic mass is 9.72. The van der Waals surface area contributed by atoms with Gasteiger partial charge in [0.1, 0.15) is 0 Å². The second kappa shape index (κ2) is 4.64. The summed E-state index contributed by atoms with van der Waals surface area (Å²) < 4.78 is 5.31. The topological polar surface area (TPSA) is 46.5 Å². The first-order valence-electron chi connectivity index (χ1n) is 6.66. The maximum absolute atomic E-state index is 11.1. The zero-order valence-electron chi connectivity index (χ0n) is 12.1. The Bertz CT molecular complexity index is 493. The number of carboxylic acid groups (broad SMARTS) is 1. The monoisotopic (exact) mass is 262 g/mol. The molecule has 0 unspecified atom stereocenters. The van der Waals surface area contributed by atoms with Crippen LogP contribution in [0.5, 0.6) is 0 Å². The summed E-state index contributed by atoms with van der Waals surface area (Å²) in [6.45, 7) is 9.57. The van der Waals surface area contributed by atoms with E-state index in [9.17, 15) is 4.79 Å². The van der Waals surface area contributed by atoms with Crippen LogP contribution in [0.4, 0.5) is 0 Å². The molecule has 104 valence electrons. The van der Waals surface area contributed by atoms with E-state index in [0.717, 1.165) is 11.1 Å². The van der Waals surface area contributed by atoms with Crippen molar-refractivity contribution < 1.29 is 14.6 Å². The van der Waals surface area contributed by atoms with Crippen LogP contribution in [0.2, 0.25) is 0 Å². The van der Waals surface area contributed by atoms with Gasteiger partial charge in [-0.25, -0.2) is 0 Å². The molecule has 0 spiro atoms. The molecule has 0 aliphatic carbocycles. The Morgan fingerprint density at radius 2 is 2.00 bits per heavy atom. The Kier molecular flexibility index (Phi) is 3.43. The van der Waals surface area contributed by atoms with Crippen molar-refractivity contribution in [3.8, 4) is 0 Å². The molecule has 1 aliphatic rings. The zero-order chi connectivity index (χ0) is 14.3. The van der Waals surface area contributed by atoms with E-state index in [0.29, 0.717) is 13.2 Å². The second-order valence-electron chi connectivity index (χ2n) is 6.62. The largest absolute Gasteiger partial charge is 0.481 e. The number of benzene rings is 1. The molecule has 19 heavy (non-hydrogen) atoms. The fourth-order valence-corrected chi connectivity index (χ4v) is 2.65. The van der Waals surface area contributed by atoms with Crippen LogP contribution in [0.1, 0.15) is 43.9 Å². The number of carbonyl (C=O) groups is 1. The van der Waals surface area contributed by atoms with Crippen LogP contribution in [-0.4, -0.2) is 24.3 Å². The van der Waals surface area contributed by atoms with Gasteiger partial charge in [0, 0.05) is 0 Å². The van der Waals surface area contributed by atoms with Crippen molar-refractivity contribution >= 4 is 5.97 Å². The Balaban J connectivity index is 2.45. The van der Waals surface area contributed by atoms with Crippen molar-refractivity contribution in [2.24, 2.45) is 0 Å². The molecule has 1 aromatic rings. The quantitative estimate of drug-likeness (QED) is 0.910. The van der Waals surface area contributed by atoms with Crippen molar-refractivity contribution in [3.05, 3.63) is 34.9 Å².